The van der Waals surface area contributed by atoms with Crippen LogP contribution in [-0.2, 0) is 0 Å². The van der Waals surface area contributed by atoms with Gasteiger partial charge in [-0.2, -0.15) is 0 Å². The number of benzene rings is 1. The molecule has 0 saturated carbocycles. The van der Waals surface area contributed by atoms with Gasteiger partial charge in [-0.15, -0.1) is 0 Å². The fraction of sp³-hybridized carbons (Fsp3) is 0.600. The van der Waals surface area contributed by atoms with Gasteiger partial charge in [0.05, 0.1) is 27.4 Å². The third kappa shape index (κ3) is 3.77. The highest BCUT2D eigenvalue weighted by atomic mass is 16.5. The molecule has 0 aliphatic heterocycles. The topological polar surface area (TPSA) is 73.9 Å². The standard InChI is InChI=1S/C15H25NO4/c1-9(2)6-11(16)14(17)10-7-12(18-3)15(20-5)13(8-10)19-4/h7-9,11,14,17H,6,16H2,1-5H3. The lowest BCUT2D eigenvalue weighted by molar-refractivity contribution is 0.135. The fourth-order valence-corrected chi connectivity index (χ4v) is 2.19. The van der Waals surface area contributed by atoms with E-state index in [1.165, 1.54) is 0 Å². The number of aliphatic hydroxyl groups is 1. The lowest BCUT2D eigenvalue weighted by Gasteiger charge is -2.22. The van der Waals surface area contributed by atoms with Gasteiger partial charge >= 0.3 is 0 Å². The molecule has 0 aliphatic rings. The molecule has 3 N–H and O–H groups in total. The zero-order valence-corrected chi connectivity index (χ0v) is 12.8. The molecule has 0 heterocycles. The van der Waals surface area contributed by atoms with Gasteiger partial charge in [0.1, 0.15) is 0 Å². The summed E-state index contributed by atoms with van der Waals surface area (Å²) in [4.78, 5) is 0. The van der Waals surface area contributed by atoms with Crippen LogP contribution in [0.1, 0.15) is 31.9 Å². The number of hydrogen-bond acceptors (Lipinski definition) is 5. The molecule has 2 unspecified atom stereocenters. The predicted octanol–water partition coefficient (Wildman–Crippen LogP) is 2.12. The lowest BCUT2D eigenvalue weighted by Crippen LogP contribution is -2.29. The molecule has 0 spiro atoms. The first-order chi connectivity index (χ1) is 9.44. The van der Waals surface area contributed by atoms with E-state index in [9.17, 15) is 5.11 Å². The molecule has 0 fully saturated rings. The monoisotopic (exact) mass is 283 g/mol. The van der Waals surface area contributed by atoms with Gasteiger partial charge in [-0.1, -0.05) is 13.8 Å². The predicted molar refractivity (Wildman–Crippen MR) is 78.5 cm³/mol. The summed E-state index contributed by atoms with van der Waals surface area (Å²) in [5, 5.41) is 10.4. The van der Waals surface area contributed by atoms with Crippen molar-refractivity contribution in [2.75, 3.05) is 21.3 Å². The van der Waals surface area contributed by atoms with Crippen molar-refractivity contribution < 1.29 is 19.3 Å². The van der Waals surface area contributed by atoms with Gasteiger partial charge in [0, 0.05) is 6.04 Å². The van der Waals surface area contributed by atoms with Gasteiger partial charge < -0.3 is 25.1 Å². The molecule has 0 aliphatic carbocycles. The van der Waals surface area contributed by atoms with Crippen molar-refractivity contribution in [1.29, 1.82) is 0 Å². The Labute approximate surface area is 120 Å². The molecular formula is C15H25NO4. The van der Waals surface area contributed by atoms with E-state index in [0.29, 0.717) is 28.7 Å². The summed E-state index contributed by atoms with van der Waals surface area (Å²) in [6, 6.07) is 3.12. The Hall–Kier alpha value is -1.46. The highest BCUT2D eigenvalue weighted by Gasteiger charge is 2.22. The van der Waals surface area contributed by atoms with Crippen LogP contribution in [0.15, 0.2) is 12.1 Å². The first-order valence-corrected chi connectivity index (χ1v) is 6.68. The largest absolute Gasteiger partial charge is 0.493 e. The highest BCUT2D eigenvalue weighted by molar-refractivity contribution is 5.54. The maximum absolute atomic E-state index is 10.4. The average molecular weight is 283 g/mol. The third-order valence-corrected chi connectivity index (χ3v) is 3.18. The number of nitrogens with two attached hydrogens (primary N) is 1. The summed E-state index contributed by atoms with van der Waals surface area (Å²) in [6.07, 6.45) is -0.0382. The molecule has 0 radical (unpaired) electrons. The van der Waals surface area contributed by atoms with Crippen molar-refractivity contribution in [3.05, 3.63) is 17.7 Å². The Kier molecular flexibility index (Phi) is 6.10. The van der Waals surface area contributed by atoms with Gasteiger partial charge in [-0.05, 0) is 30.0 Å². The van der Waals surface area contributed by atoms with E-state index in [2.05, 4.69) is 13.8 Å². The van der Waals surface area contributed by atoms with E-state index in [1.807, 2.05) is 0 Å². The van der Waals surface area contributed by atoms with E-state index < -0.39 is 6.10 Å². The Bertz CT molecular complexity index is 409. The number of aliphatic hydroxyl groups excluding tert-OH is 1. The highest BCUT2D eigenvalue weighted by Crippen LogP contribution is 2.40. The summed E-state index contributed by atoms with van der Waals surface area (Å²) in [6.45, 7) is 4.14. The molecule has 1 aromatic carbocycles. The van der Waals surface area contributed by atoms with Crippen molar-refractivity contribution >= 4 is 0 Å². The van der Waals surface area contributed by atoms with Crippen LogP contribution in [0.3, 0.4) is 0 Å². The molecule has 0 amide bonds. The molecule has 0 bridgehead atoms. The SMILES string of the molecule is COc1cc(C(O)C(N)CC(C)C)cc(OC)c1OC. The Morgan fingerprint density at radius 1 is 1.05 bits per heavy atom. The summed E-state index contributed by atoms with van der Waals surface area (Å²) >= 11 is 0. The van der Waals surface area contributed by atoms with Gasteiger partial charge in [0.2, 0.25) is 5.75 Å². The van der Waals surface area contributed by atoms with E-state index in [-0.39, 0.29) is 6.04 Å². The van der Waals surface area contributed by atoms with Crippen LogP contribution in [0.2, 0.25) is 0 Å². The zero-order chi connectivity index (χ0) is 15.3. The number of methoxy groups -OCH3 is 3. The summed E-state index contributed by atoms with van der Waals surface area (Å²) in [5.74, 6) is 1.94. The first-order valence-electron chi connectivity index (χ1n) is 6.68. The first kappa shape index (κ1) is 16.6. The molecule has 1 rings (SSSR count). The average Bonchev–Trinajstić information content (AvgIpc) is 2.43. The van der Waals surface area contributed by atoms with Crippen molar-refractivity contribution in [3.63, 3.8) is 0 Å². The maximum atomic E-state index is 10.4. The van der Waals surface area contributed by atoms with E-state index in [0.717, 1.165) is 6.42 Å². The molecule has 0 saturated heterocycles. The quantitative estimate of drug-likeness (QED) is 0.802. The van der Waals surface area contributed by atoms with Crippen LogP contribution >= 0.6 is 0 Å². The zero-order valence-electron chi connectivity index (χ0n) is 12.8. The smallest absolute Gasteiger partial charge is 0.203 e. The van der Waals surface area contributed by atoms with Crippen LogP contribution in [-0.4, -0.2) is 32.5 Å². The Morgan fingerprint density at radius 3 is 1.90 bits per heavy atom. The van der Waals surface area contributed by atoms with Gasteiger partial charge in [0.25, 0.3) is 0 Å². The minimum absolute atomic E-state index is 0.335. The molecule has 1 aromatic rings. The Balaban J connectivity index is 3.12. The summed E-state index contributed by atoms with van der Waals surface area (Å²) in [5.41, 5.74) is 6.70. The Morgan fingerprint density at radius 2 is 1.55 bits per heavy atom. The number of hydrogen-bond donors (Lipinski definition) is 2. The van der Waals surface area contributed by atoms with Gasteiger partial charge in [-0.3, -0.25) is 0 Å². The second-order valence-corrected chi connectivity index (χ2v) is 5.20. The molecule has 5 heteroatoms. The van der Waals surface area contributed by atoms with Crippen LogP contribution in [0.25, 0.3) is 0 Å². The number of rotatable bonds is 7. The minimum atomic E-state index is -0.772. The van der Waals surface area contributed by atoms with E-state index >= 15 is 0 Å². The van der Waals surface area contributed by atoms with Crippen molar-refractivity contribution in [2.45, 2.75) is 32.4 Å². The molecule has 0 aromatic heterocycles. The molecule has 2 atom stereocenters. The van der Waals surface area contributed by atoms with Crippen molar-refractivity contribution in [2.24, 2.45) is 11.7 Å². The molecular weight excluding hydrogens is 258 g/mol. The van der Waals surface area contributed by atoms with Crippen LogP contribution < -0.4 is 19.9 Å². The van der Waals surface area contributed by atoms with Crippen LogP contribution in [0.5, 0.6) is 17.2 Å². The lowest BCUT2D eigenvalue weighted by atomic mass is 9.95. The number of ether oxygens (including phenoxy) is 3. The summed E-state index contributed by atoms with van der Waals surface area (Å²) < 4.78 is 15.8. The van der Waals surface area contributed by atoms with Crippen LogP contribution in [0.4, 0.5) is 0 Å². The second kappa shape index (κ2) is 7.36. The normalized spacial score (nSPS) is 14.0. The molecule has 5 nitrogen and oxygen atoms in total. The van der Waals surface area contributed by atoms with E-state index in [1.54, 1.807) is 33.5 Å². The molecule has 114 valence electrons. The van der Waals surface area contributed by atoms with E-state index in [4.69, 9.17) is 19.9 Å². The summed E-state index contributed by atoms with van der Waals surface area (Å²) in [7, 11) is 4.63. The molecule has 20 heavy (non-hydrogen) atoms. The third-order valence-electron chi connectivity index (χ3n) is 3.18. The van der Waals surface area contributed by atoms with Crippen molar-refractivity contribution in [3.8, 4) is 17.2 Å². The minimum Gasteiger partial charge on any atom is -0.493 e. The van der Waals surface area contributed by atoms with Gasteiger partial charge in [0.15, 0.2) is 11.5 Å². The fourth-order valence-electron chi connectivity index (χ4n) is 2.19. The maximum Gasteiger partial charge on any atom is 0.203 e. The van der Waals surface area contributed by atoms with Crippen molar-refractivity contribution in [1.82, 2.24) is 0 Å². The van der Waals surface area contributed by atoms with Crippen LogP contribution in [0, 0.1) is 5.92 Å². The second-order valence-electron chi connectivity index (χ2n) is 5.20. The van der Waals surface area contributed by atoms with Gasteiger partial charge in [-0.25, -0.2) is 0 Å².